The van der Waals surface area contributed by atoms with Crippen molar-refractivity contribution in [3.8, 4) is 0 Å². The van der Waals surface area contributed by atoms with Crippen LogP contribution >= 0.6 is 0 Å². The fraction of sp³-hybridized carbons (Fsp3) is 0.923. The number of nitrogens with one attached hydrogen (secondary N) is 1. The average molecular weight is 226 g/mol. The van der Waals surface area contributed by atoms with E-state index in [0.29, 0.717) is 18.4 Å². The van der Waals surface area contributed by atoms with Gasteiger partial charge in [-0.25, -0.2) is 0 Å². The van der Waals surface area contributed by atoms with Gasteiger partial charge in [0.15, 0.2) is 0 Å². The average Bonchev–Trinajstić information content (AvgIpc) is 2.41. The molecule has 1 heterocycles. The Morgan fingerprint density at radius 2 is 2.19 bits per heavy atom. The van der Waals surface area contributed by atoms with E-state index in [1.807, 2.05) is 0 Å². The van der Waals surface area contributed by atoms with E-state index in [-0.39, 0.29) is 5.91 Å². The number of amides is 1. The summed E-state index contributed by atoms with van der Waals surface area (Å²) in [6.45, 7) is 9.68. The Balaban J connectivity index is 2.36. The van der Waals surface area contributed by atoms with Gasteiger partial charge < -0.3 is 10.2 Å². The van der Waals surface area contributed by atoms with Crippen LogP contribution in [0.2, 0.25) is 0 Å². The number of likely N-dealkylation sites (N-methyl/N-ethyl adjacent to an activating group) is 1. The Labute approximate surface area is 99.6 Å². The van der Waals surface area contributed by atoms with Crippen LogP contribution in [0, 0.1) is 5.92 Å². The molecule has 1 N–H and O–H groups in total. The predicted octanol–water partition coefficient (Wildman–Crippen LogP) is 2.02. The molecule has 1 rings (SSSR count). The van der Waals surface area contributed by atoms with Crippen LogP contribution in [-0.2, 0) is 4.79 Å². The summed E-state index contributed by atoms with van der Waals surface area (Å²) < 4.78 is 0. The van der Waals surface area contributed by atoms with Crippen molar-refractivity contribution in [1.29, 1.82) is 0 Å². The van der Waals surface area contributed by atoms with Crippen LogP contribution in [-0.4, -0.2) is 36.5 Å². The largest absolute Gasteiger partial charge is 0.352 e. The summed E-state index contributed by atoms with van der Waals surface area (Å²) in [5.41, 5.74) is 0. The van der Waals surface area contributed by atoms with Gasteiger partial charge >= 0.3 is 0 Å². The molecule has 0 aromatic heterocycles. The zero-order valence-corrected chi connectivity index (χ0v) is 11.0. The molecule has 1 aliphatic heterocycles. The number of carbonyl (C=O) groups excluding carboxylic acids is 1. The SMILES string of the molecule is CCN1CCCCC(NC(=O)CC(C)C)C1. The molecule has 0 spiro atoms. The second-order valence-corrected chi connectivity index (χ2v) is 5.25. The highest BCUT2D eigenvalue weighted by Gasteiger charge is 2.18. The lowest BCUT2D eigenvalue weighted by atomic mass is 10.1. The second kappa shape index (κ2) is 6.89. The van der Waals surface area contributed by atoms with Gasteiger partial charge in [0.1, 0.15) is 0 Å². The lowest BCUT2D eigenvalue weighted by Gasteiger charge is -2.23. The summed E-state index contributed by atoms with van der Waals surface area (Å²) in [7, 11) is 0. The van der Waals surface area contributed by atoms with Crippen LogP contribution in [0.3, 0.4) is 0 Å². The highest BCUT2D eigenvalue weighted by Crippen LogP contribution is 2.11. The summed E-state index contributed by atoms with van der Waals surface area (Å²) in [5, 5.41) is 3.17. The molecule has 0 bridgehead atoms. The topological polar surface area (TPSA) is 32.3 Å². The minimum atomic E-state index is 0.220. The molecule has 1 fully saturated rings. The van der Waals surface area contributed by atoms with E-state index in [1.165, 1.54) is 19.4 Å². The first-order chi connectivity index (χ1) is 7.61. The van der Waals surface area contributed by atoms with Crippen molar-refractivity contribution in [2.75, 3.05) is 19.6 Å². The molecule has 0 aromatic carbocycles. The zero-order chi connectivity index (χ0) is 12.0. The molecule has 1 unspecified atom stereocenters. The maximum atomic E-state index is 11.7. The number of rotatable bonds is 4. The van der Waals surface area contributed by atoms with Crippen LogP contribution in [0.1, 0.15) is 46.5 Å². The molecule has 0 radical (unpaired) electrons. The van der Waals surface area contributed by atoms with Gasteiger partial charge in [-0.15, -0.1) is 0 Å². The first-order valence-electron chi connectivity index (χ1n) is 6.63. The Kier molecular flexibility index (Phi) is 5.81. The predicted molar refractivity (Wildman–Crippen MR) is 67.4 cm³/mol. The van der Waals surface area contributed by atoms with Crippen LogP contribution in [0.5, 0.6) is 0 Å². The maximum absolute atomic E-state index is 11.7. The standard InChI is InChI=1S/C13H26N2O/c1-4-15-8-6-5-7-12(10-15)14-13(16)9-11(2)3/h11-12H,4-10H2,1-3H3,(H,14,16). The van der Waals surface area contributed by atoms with Crippen molar-refractivity contribution in [2.24, 2.45) is 5.92 Å². The van der Waals surface area contributed by atoms with Crippen molar-refractivity contribution in [3.05, 3.63) is 0 Å². The quantitative estimate of drug-likeness (QED) is 0.795. The summed E-state index contributed by atoms with van der Waals surface area (Å²) >= 11 is 0. The normalized spacial score (nSPS) is 23.1. The van der Waals surface area contributed by atoms with Gasteiger partial charge in [-0.05, 0) is 31.8 Å². The Morgan fingerprint density at radius 1 is 1.44 bits per heavy atom. The molecule has 0 aliphatic carbocycles. The lowest BCUT2D eigenvalue weighted by Crippen LogP contribution is -2.42. The highest BCUT2D eigenvalue weighted by molar-refractivity contribution is 5.76. The minimum Gasteiger partial charge on any atom is -0.352 e. The molecule has 0 aromatic rings. The molecular formula is C13H26N2O. The summed E-state index contributed by atoms with van der Waals surface area (Å²) in [5.74, 6) is 0.672. The molecule has 1 amide bonds. The molecule has 1 atom stereocenters. The summed E-state index contributed by atoms with van der Waals surface area (Å²) in [4.78, 5) is 14.1. The zero-order valence-electron chi connectivity index (χ0n) is 11.0. The minimum absolute atomic E-state index is 0.220. The molecule has 0 saturated carbocycles. The van der Waals surface area contributed by atoms with E-state index in [2.05, 4.69) is 31.0 Å². The number of likely N-dealkylation sites (tertiary alicyclic amines) is 1. The van der Waals surface area contributed by atoms with Gasteiger partial charge in [0, 0.05) is 19.0 Å². The number of nitrogens with zero attached hydrogens (tertiary/aromatic N) is 1. The maximum Gasteiger partial charge on any atom is 0.220 e. The summed E-state index contributed by atoms with van der Waals surface area (Å²) in [6.07, 6.45) is 4.30. The van der Waals surface area contributed by atoms with Gasteiger partial charge in [-0.3, -0.25) is 4.79 Å². The van der Waals surface area contributed by atoms with Crippen LogP contribution < -0.4 is 5.32 Å². The van der Waals surface area contributed by atoms with E-state index < -0.39 is 0 Å². The van der Waals surface area contributed by atoms with Gasteiger partial charge in [-0.2, -0.15) is 0 Å². The molecule has 3 heteroatoms. The fourth-order valence-corrected chi connectivity index (χ4v) is 2.28. The van der Waals surface area contributed by atoms with Crippen molar-refractivity contribution in [2.45, 2.75) is 52.5 Å². The monoisotopic (exact) mass is 226 g/mol. The molecule has 94 valence electrons. The molecule has 1 saturated heterocycles. The van der Waals surface area contributed by atoms with E-state index >= 15 is 0 Å². The van der Waals surface area contributed by atoms with E-state index in [1.54, 1.807) is 0 Å². The number of hydrogen-bond acceptors (Lipinski definition) is 2. The van der Waals surface area contributed by atoms with E-state index in [9.17, 15) is 4.79 Å². The van der Waals surface area contributed by atoms with E-state index in [4.69, 9.17) is 0 Å². The fourth-order valence-electron chi connectivity index (χ4n) is 2.28. The third kappa shape index (κ3) is 4.97. The molecule has 3 nitrogen and oxygen atoms in total. The van der Waals surface area contributed by atoms with Crippen molar-refractivity contribution < 1.29 is 4.79 Å². The molecular weight excluding hydrogens is 200 g/mol. The Bertz CT molecular complexity index is 216. The van der Waals surface area contributed by atoms with Crippen LogP contribution in [0.25, 0.3) is 0 Å². The van der Waals surface area contributed by atoms with Crippen LogP contribution in [0.4, 0.5) is 0 Å². The molecule has 16 heavy (non-hydrogen) atoms. The number of hydrogen-bond donors (Lipinski definition) is 1. The van der Waals surface area contributed by atoms with Crippen molar-refractivity contribution in [1.82, 2.24) is 10.2 Å². The second-order valence-electron chi connectivity index (χ2n) is 5.25. The van der Waals surface area contributed by atoms with Gasteiger partial charge in [0.2, 0.25) is 5.91 Å². The van der Waals surface area contributed by atoms with E-state index in [0.717, 1.165) is 19.5 Å². The third-order valence-electron chi connectivity index (χ3n) is 3.16. The summed E-state index contributed by atoms with van der Waals surface area (Å²) in [6, 6.07) is 0.369. The number of carbonyl (C=O) groups is 1. The smallest absolute Gasteiger partial charge is 0.220 e. The lowest BCUT2D eigenvalue weighted by molar-refractivity contribution is -0.122. The third-order valence-corrected chi connectivity index (χ3v) is 3.16. The highest BCUT2D eigenvalue weighted by atomic mass is 16.1. The van der Waals surface area contributed by atoms with Crippen molar-refractivity contribution >= 4 is 5.91 Å². The Morgan fingerprint density at radius 3 is 2.81 bits per heavy atom. The van der Waals surface area contributed by atoms with Gasteiger partial charge in [0.25, 0.3) is 0 Å². The first-order valence-corrected chi connectivity index (χ1v) is 6.63. The first kappa shape index (κ1) is 13.5. The molecule has 1 aliphatic rings. The van der Waals surface area contributed by atoms with Crippen molar-refractivity contribution in [3.63, 3.8) is 0 Å². The van der Waals surface area contributed by atoms with Gasteiger partial charge in [0.05, 0.1) is 0 Å². The Hall–Kier alpha value is -0.570. The van der Waals surface area contributed by atoms with Gasteiger partial charge in [-0.1, -0.05) is 27.2 Å². The van der Waals surface area contributed by atoms with Crippen LogP contribution in [0.15, 0.2) is 0 Å².